The summed E-state index contributed by atoms with van der Waals surface area (Å²) in [5.74, 6) is 0. The van der Waals surface area contributed by atoms with Crippen LogP contribution < -0.4 is 5.73 Å². The molecule has 0 amide bonds. The highest BCUT2D eigenvalue weighted by Crippen LogP contribution is 2.30. The minimum Gasteiger partial charge on any atom is -0.396 e. The smallest absolute Gasteiger partial charge is 0.0489 e. The van der Waals surface area contributed by atoms with Crippen LogP contribution in [0.5, 0.6) is 0 Å². The fourth-order valence-corrected chi connectivity index (χ4v) is 6.08. The first kappa shape index (κ1) is 46.8. The molecule has 0 fully saturated rings. The maximum Gasteiger partial charge on any atom is 0.0489 e. The second-order valence-corrected chi connectivity index (χ2v) is 14.1. The van der Waals surface area contributed by atoms with Gasteiger partial charge in [0.25, 0.3) is 0 Å². The molecule has 0 saturated carbocycles. The van der Waals surface area contributed by atoms with Crippen molar-refractivity contribution in [2.75, 3.05) is 39.6 Å². The fourth-order valence-electron chi connectivity index (χ4n) is 6.08. The molecule has 4 heteroatoms. The normalized spacial score (nSPS) is 12.7. The van der Waals surface area contributed by atoms with Crippen LogP contribution in [0.1, 0.15) is 187 Å². The molecule has 0 rings (SSSR count). The Hall–Kier alpha value is -1.20. The number of hydrogen-bond acceptors (Lipinski definition) is 4. The topological polar surface area (TPSA) is 64.7 Å². The van der Waals surface area contributed by atoms with Gasteiger partial charge in [0.1, 0.15) is 0 Å². The number of nitrogens with two attached hydrogens (primary N) is 1. The van der Waals surface area contributed by atoms with Crippen LogP contribution in [-0.4, -0.2) is 44.7 Å². The van der Waals surface area contributed by atoms with Crippen molar-refractivity contribution >= 4 is 0 Å². The largest absolute Gasteiger partial charge is 0.396 e. The van der Waals surface area contributed by atoms with Crippen LogP contribution in [0.3, 0.4) is 0 Å². The van der Waals surface area contributed by atoms with Crippen molar-refractivity contribution in [3.05, 3.63) is 48.6 Å². The zero-order valence-electron chi connectivity index (χ0n) is 32.3. The number of rotatable bonds is 39. The Bertz CT molecular complexity index is 675. The van der Waals surface area contributed by atoms with E-state index in [9.17, 15) is 5.11 Å². The van der Waals surface area contributed by atoms with Crippen LogP contribution in [0.4, 0.5) is 0 Å². The Kier molecular flexibility index (Phi) is 39.2. The van der Waals surface area contributed by atoms with Crippen LogP contribution in [-0.2, 0) is 9.47 Å². The minimum atomic E-state index is -0.173. The summed E-state index contributed by atoms with van der Waals surface area (Å²) in [6, 6.07) is 0. The average molecular weight is 674 g/mol. The average Bonchev–Trinajstić information content (AvgIpc) is 3.10. The van der Waals surface area contributed by atoms with E-state index in [-0.39, 0.29) is 12.0 Å². The molecule has 0 aliphatic heterocycles. The summed E-state index contributed by atoms with van der Waals surface area (Å²) < 4.78 is 12.0. The quantitative estimate of drug-likeness (QED) is 0.0503. The van der Waals surface area contributed by atoms with Gasteiger partial charge in [-0.2, -0.15) is 0 Å². The van der Waals surface area contributed by atoms with Crippen LogP contribution in [0.25, 0.3) is 0 Å². The number of aliphatic hydroxyl groups is 1. The molecule has 282 valence electrons. The van der Waals surface area contributed by atoms with Gasteiger partial charge in [0.2, 0.25) is 0 Å². The van der Waals surface area contributed by atoms with Gasteiger partial charge in [0.05, 0.1) is 0 Å². The minimum absolute atomic E-state index is 0.160. The summed E-state index contributed by atoms with van der Waals surface area (Å²) in [5.41, 5.74) is 5.76. The molecule has 0 spiro atoms. The number of allylic oxidation sites excluding steroid dienone is 8. The van der Waals surface area contributed by atoms with Gasteiger partial charge in [0.15, 0.2) is 0 Å². The monoisotopic (exact) mass is 674 g/mol. The van der Waals surface area contributed by atoms with E-state index in [0.717, 1.165) is 58.2 Å². The van der Waals surface area contributed by atoms with Gasteiger partial charge < -0.3 is 20.3 Å². The lowest BCUT2D eigenvalue weighted by molar-refractivity contribution is 0.0190. The van der Waals surface area contributed by atoms with Crippen molar-refractivity contribution in [2.24, 2.45) is 11.1 Å². The van der Waals surface area contributed by atoms with Gasteiger partial charge in [-0.1, -0.05) is 140 Å². The first-order valence-electron chi connectivity index (χ1n) is 20.8. The Morgan fingerprint density at radius 3 is 1.15 bits per heavy atom. The second kappa shape index (κ2) is 40.2. The van der Waals surface area contributed by atoms with E-state index in [1.54, 1.807) is 0 Å². The Morgan fingerprint density at radius 1 is 0.438 bits per heavy atom. The van der Waals surface area contributed by atoms with Gasteiger partial charge in [-0.25, -0.2) is 0 Å². The zero-order valence-corrected chi connectivity index (χ0v) is 32.3. The molecule has 0 heterocycles. The molecular formula is C44H83NO3. The van der Waals surface area contributed by atoms with Crippen molar-refractivity contribution in [2.45, 2.75) is 187 Å². The van der Waals surface area contributed by atoms with Crippen molar-refractivity contribution < 1.29 is 14.6 Å². The number of ether oxygens (including phenoxy) is 2. The van der Waals surface area contributed by atoms with Crippen LogP contribution in [0.15, 0.2) is 48.6 Å². The van der Waals surface area contributed by atoms with Gasteiger partial charge in [-0.05, 0) is 108 Å². The SMILES string of the molecule is CCCCC/C=C\C/C=C\CCCCCCCCOCCC(CO)(CCN)CCOCCCCCCCC/C=C\C/C=C\CCCCC. The lowest BCUT2D eigenvalue weighted by Crippen LogP contribution is -2.32. The zero-order chi connectivity index (χ0) is 34.9. The highest BCUT2D eigenvalue weighted by Gasteiger charge is 2.28. The number of aliphatic hydroxyl groups excluding tert-OH is 1. The fraction of sp³-hybridized carbons (Fsp3) is 0.818. The maximum absolute atomic E-state index is 10.2. The van der Waals surface area contributed by atoms with E-state index in [4.69, 9.17) is 15.2 Å². The van der Waals surface area contributed by atoms with Crippen molar-refractivity contribution in [3.8, 4) is 0 Å². The molecule has 4 nitrogen and oxygen atoms in total. The molecule has 48 heavy (non-hydrogen) atoms. The molecule has 0 aliphatic carbocycles. The van der Waals surface area contributed by atoms with Gasteiger partial charge in [-0.3, -0.25) is 0 Å². The maximum atomic E-state index is 10.2. The van der Waals surface area contributed by atoms with Crippen LogP contribution in [0.2, 0.25) is 0 Å². The van der Waals surface area contributed by atoms with E-state index >= 15 is 0 Å². The van der Waals surface area contributed by atoms with E-state index in [1.807, 2.05) is 0 Å². The summed E-state index contributed by atoms with van der Waals surface area (Å²) in [5, 5.41) is 10.2. The van der Waals surface area contributed by atoms with Gasteiger partial charge in [-0.15, -0.1) is 0 Å². The lowest BCUT2D eigenvalue weighted by Gasteiger charge is -2.31. The summed E-state index contributed by atoms with van der Waals surface area (Å²) >= 11 is 0. The second-order valence-electron chi connectivity index (χ2n) is 14.1. The van der Waals surface area contributed by atoms with Crippen LogP contribution >= 0.6 is 0 Å². The summed E-state index contributed by atoms with van der Waals surface area (Å²) in [6.07, 6.45) is 51.5. The van der Waals surface area contributed by atoms with E-state index in [0.29, 0.717) is 19.8 Å². The predicted molar refractivity (Wildman–Crippen MR) is 213 cm³/mol. The Balaban J connectivity index is 3.68. The van der Waals surface area contributed by atoms with E-state index in [1.165, 1.54) is 128 Å². The third kappa shape index (κ3) is 34.7. The first-order chi connectivity index (χ1) is 23.7. The van der Waals surface area contributed by atoms with Crippen LogP contribution in [0, 0.1) is 5.41 Å². The molecule has 0 radical (unpaired) electrons. The molecule has 0 saturated heterocycles. The molecular weight excluding hydrogens is 590 g/mol. The molecule has 0 aliphatic rings. The number of hydrogen-bond donors (Lipinski definition) is 2. The molecule has 0 aromatic carbocycles. The number of unbranched alkanes of at least 4 members (excludes halogenated alkanes) is 18. The van der Waals surface area contributed by atoms with Crippen molar-refractivity contribution in [1.82, 2.24) is 0 Å². The summed E-state index contributed by atoms with van der Waals surface area (Å²) in [4.78, 5) is 0. The Labute approximate surface area is 300 Å². The summed E-state index contributed by atoms with van der Waals surface area (Å²) in [7, 11) is 0. The van der Waals surface area contributed by atoms with Crippen molar-refractivity contribution in [3.63, 3.8) is 0 Å². The van der Waals surface area contributed by atoms with E-state index < -0.39 is 0 Å². The molecule has 0 atom stereocenters. The van der Waals surface area contributed by atoms with Gasteiger partial charge >= 0.3 is 0 Å². The molecule has 0 aromatic rings. The highest BCUT2D eigenvalue weighted by molar-refractivity contribution is 4.93. The lowest BCUT2D eigenvalue weighted by atomic mass is 9.79. The first-order valence-corrected chi connectivity index (χ1v) is 20.8. The molecule has 3 N–H and O–H groups in total. The standard InChI is InChI=1S/C44H83NO3/c1-3-5-7-9-11-13-15-17-19-21-23-25-27-29-31-33-39-47-41-36-44(43-46,35-38-45)37-42-48-40-34-32-30-28-26-24-22-20-18-16-14-12-10-8-6-4-2/h11-14,17-20,46H,3-10,15-16,21-43,45H2,1-2H3/b13-11-,14-12-,19-17-,20-18-. The predicted octanol–water partition coefficient (Wildman–Crippen LogP) is 12.8. The third-order valence-corrected chi connectivity index (χ3v) is 9.54. The third-order valence-electron chi connectivity index (χ3n) is 9.54. The molecule has 0 unspecified atom stereocenters. The molecule has 0 aromatic heterocycles. The molecule has 0 bridgehead atoms. The van der Waals surface area contributed by atoms with Crippen molar-refractivity contribution in [1.29, 1.82) is 0 Å². The van der Waals surface area contributed by atoms with Gasteiger partial charge in [0, 0.05) is 33.0 Å². The Morgan fingerprint density at radius 2 is 0.792 bits per heavy atom. The summed E-state index contributed by atoms with van der Waals surface area (Å²) in [6.45, 7) is 8.32. The van der Waals surface area contributed by atoms with E-state index in [2.05, 4.69) is 62.5 Å². The highest BCUT2D eigenvalue weighted by atomic mass is 16.5.